The molecule has 0 aromatic carbocycles. The second kappa shape index (κ2) is 5.12. The molecular formula is C11H18N4O. The molecule has 2 rings (SSSR count). The second-order valence-electron chi connectivity index (χ2n) is 4.16. The van der Waals surface area contributed by atoms with E-state index >= 15 is 0 Å². The normalized spacial score (nSPS) is 20.3. The number of aliphatic hydroxyl groups excluding tert-OH is 1. The Hall–Kier alpha value is -1.36. The Morgan fingerprint density at radius 1 is 1.56 bits per heavy atom. The zero-order valence-electron chi connectivity index (χ0n) is 9.34. The van der Waals surface area contributed by atoms with Crippen LogP contribution in [0.15, 0.2) is 12.5 Å². The molecule has 0 radical (unpaired) electrons. The van der Waals surface area contributed by atoms with Crippen molar-refractivity contribution in [2.24, 2.45) is 0 Å². The van der Waals surface area contributed by atoms with Crippen LogP contribution in [0.25, 0.3) is 0 Å². The van der Waals surface area contributed by atoms with Crippen LogP contribution in [0, 0.1) is 0 Å². The summed E-state index contributed by atoms with van der Waals surface area (Å²) in [5.74, 6) is 0.843. The summed E-state index contributed by atoms with van der Waals surface area (Å²) in [6.45, 7) is 1.25. The van der Waals surface area contributed by atoms with Gasteiger partial charge in [-0.3, -0.25) is 0 Å². The van der Waals surface area contributed by atoms with E-state index in [1.165, 1.54) is 12.7 Å². The van der Waals surface area contributed by atoms with Crippen LogP contribution in [0.2, 0.25) is 0 Å². The molecule has 5 heteroatoms. The zero-order valence-corrected chi connectivity index (χ0v) is 9.34. The lowest BCUT2D eigenvalue weighted by Gasteiger charge is -2.26. The largest absolute Gasteiger partial charge is 0.396 e. The standard InChI is InChI=1S/C11H18N4O/c12-10-7-13-8-14-11(10)15-5-1-3-9(15)4-2-6-16/h7-9,16H,1-6,12H2. The van der Waals surface area contributed by atoms with Crippen LogP contribution in [0.1, 0.15) is 25.7 Å². The molecule has 0 amide bonds. The molecule has 2 heterocycles. The third-order valence-corrected chi connectivity index (χ3v) is 3.06. The minimum atomic E-state index is 0.254. The summed E-state index contributed by atoms with van der Waals surface area (Å²) in [4.78, 5) is 10.4. The lowest BCUT2D eigenvalue weighted by molar-refractivity contribution is 0.279. The summed E-state index contributed by atoms with van der Waals surface area (Å²) >= 11 is 0. The predicted molar refractivity (Wildman–Crippen MR) is 63.1 cm³/mol. The molecule has 1 fully saturated rings. The molecule has 0 saturated carbocycles. The second-order valence-corrected chi connectivity index (χ2v) is 4.16. The third kappa shape index (κ3) is 2.24. The van der Waals surface area contributed by atoms with Gasteiger partial charge in [0, 0.05) is 19.2 Å². The fraction of sp³-hybridized carbons (Fsp3) is 0.636. The van der Waals surface area contributed by atoms with Crippen molar-refractivity contribution in [1.82, 2.24) is 9.97 Å². The van der Waals surface area contributed by atoms with E-state index in [1.54, 1.807) is 6.20 Å². The van der Waals surface area contributed by atoms with Gasteiger partial charge in [-0.1, -0.05) is 0 Å². The summed E-state index contributed by atoms with van der Waals surface area (Å²) in [6, 6.07) is 0.462. The number of aromatic nitrogens is 2. The maximum atomic E-state index is 8.87. The molecule has 1 aliphatic rings. The molecule has 1 unspecified atom stereocenters. The number of hydrogen-bond acceptors (Lipinski definition) is 5. The summed E-state index contributed by atoms with van der Waals surface area (Å²) < 4.78 is 0. The zero-order chi connectivity index (χ0) is 11.4. The van der Waals surface area contributed by atoms with E-state index in [2.05, 4.69) is 14.9 Å². The van der Waals surface area contributed by atoms with Crippen molar-refractivity contribution < 1.29 is 5.11 Å². The summed E-state index contributed by atoms with van der Waals surface area (Å²) in [6.07, 6.45) is 7.34. The van der Waals surface area contributed by atoms with Crippen LogP contribution in [0.4, 0.5) is 11.5 Å². The number of rotatable bonds is 4. The average molecular weight is 222 g/mol. The first-order valence-corrected chi connectivity index (χ1v) is 5.76. The fourth-order valence-electron chi connectivity index (χ4n) is 2.32. The summed E-state index contributed by atoms with van der Waals surface area (Å²) in [7, 11) is 0. The van der Waals surface area contributed by atoms with Crippen LogP contribution < -0.4 is 10.6 Å². The Morgan fingerprint density at radius 2 is 2.44 bits per heavy atom. The van der Waals surface area contributed by atoms with Crippen molar-refractivity contribution in [1.29, 1.82) is 0 Å². The topological polar surface area (TPSA) is 75.3 Å². The molecule has 1 saturated heterocycles. The Labute approximate surface area is 95.3 Å². The van der Waals surface area contributed by atoms with Crippen molar-refractivity contribution in [2.75, 3.05) is 23.8 Å². The van der Waals surface area contributed by atoms with Crippen LogP contribution in [-0.2, 0) is 0 Å². The number of nitrogen functional groups attached to an aromatic ring is 1. The maximum Gasteiger partial charge on any atom is 0.155 e. The molecule has 1 atom stereocenters. The van der Waals surface area contributed by atoms with Crippen molar-refractivity contribution in [3.05, 3.63) is 12.5 Å². The van der Waals surface area contributed by atoms with Gasteiger partial charge in [0.05, 0.1) is 11.9 Å². The highest BCUT2D eigenvalue weighted by molar-refractivity contribution is 5.61. The molecule has 1 aromatic heterocycles. The van der Waals surface area contributed by atoms with E-state index < -0.39 is 0 Å². The molecule has 3 N–H and O–H groups in total. The molecular weight excluding hydrogens is 204 g/mol. The SMILES string of the molecule is Nc1cncnc1N1CCCC1CCCO. The monoisotopic (exact) mass is 222 g/mol. The minimum Gasteiger partial charge on any atom is -0.396 e. The van der Waals surface area contributed by atoms with Crippen molar-refractivity contribution >= 4 is 11.5 Å². The molecule has 1 aliphatic heterocycles. The molecule has 5 nitrogen and oxygen atoms in total. The Kier molecular flexibility index (Phi) is 3.56. The van der Waals surface area contributed by atoms with E-state index in [0.717, 1.165) is 31.6 Å². The molecule has 16 heavy (non-hydrogen) atoms. The quantitative estimate of drug-likeness (QED) is 0.788. The summed E-state index contributed by atoms with van der Waals surface area (Å²) in [5, 5.41) is 8.87. The first-order valence-electron chi connectivity index (χ1n) is 5.76. The minimum absolute atomic E-state index is 0.254. The van der Waals surface area contributed by atoms with Crippen LogP contribution >= 0.6 is 0 Å². The van der Waals surface area contributed by atoms with Crippen molar-refractivity contribution in [3.63, 3.8) is 0 Å². The van der Waals surface area contributed by atoms with Gasteiger partial charge in [-0.2, -0.15) is 0 Å². The lowest BCUT2D eigenvalue weighted by atomic mass is 10.1. The average Bonchev–Trinajstić information content (AvgIpc) is 2.75. The molecule has 0 bridgehead atoms. The van der Waals surface area contributed by atoms with E-state index in [1.807, 2.05) is 0 Å². The molecule has 0 aliphatic carbocycles. The van der Waals surface area contributed by atoms with Gasteiger partial charge in [-0.05, 0) is 25.7 Å². The number of aliphatic hydroxyl groups is 1. The van der Waals surface area contributed by atoms with E-state index in [9.17, 15) is 0 Å². The number of hydrogen-bond donors (Lipinski definition) is 2. The van der Waals surface area contributed by atoms with Gasteiger partial charge in [-0.25, -0.2) is 9.97 Å². The predicted octanol–water partition coefficient (Wildman–Crippen LogP) is 0.800. The van der Waals surface area contributed by atoms with Gasteiger partial charge in [-0.15, -0.1) is 0 Å². The summed E-state index contributed by atoms with van der Waals surface area (Å²) in [5.41, 5.74) is 6.51. The number of nitrogens with zero attached hydrogens (tertiary/aromatic N) is 3. The maximum absolute atomic E-state index is 8.87. The van der Waals surface area contributed by atoms with E-state index in [-0.39, 0.29) is 6.61 Å². The lowest BCUT2D eigenvalue weighted by Crippen LogP contribution is -2.30. The highest BCUT2D eigenvalue weighted by Gasteiger charge is 2.26. The van der Waals surface area contributed by atoms with Gasteiger partial charge in [0.1, 0.15) is 6.33 Å². The van der Waals surface area contributed by atoms with E-state index in [4.69, 9.17) is 10.8 Å². The van der Waals surface area contributed by atoms with Gasteiger partial charge in [0.2, 0.25) is 0 Å². The highest BCUT2D eigenvalue weighted by Crippen LogP contribution is 2.29. The van der Waals surface area contributed by atoms with Gasteiger partial charge in [0.25, 0.3) is 0 Å². The van der Waals surface area contributed by atoms with Gasteiger partial charge >= 0.3 is 0 Å². The Bertz CT molecular complexity index is 345. The first kappa shape index (κ1) is 11.1. The van der Waals surface area contributed by atoms with Gasteiger partial charge in [0.15, 0.2) is 5.82 Å². The Balaban J connectivity index is 2.10. The molecule has 1 aromatic rings. The fourth-order valence-corrected chi connectivity index (χ4v) is 2.32. The van der Waals surface area contributed by atoms with Crippen molar-refractivity contribution in [2.45, 2.75) is 31.7 Å². The number of anilines is 2. The molecule has 88 valence electrons. The van der Waals surface area contributed by atoms with E-state index in [0.29, 0.717) is 11.7 Å². The van der Waals surface area contributed by atoms with Crippen LogP contribution in [0.3, 0.4) is 0 Å². The molecule has 0 spiro atoms. The third-order valence-electron chi connectivity index (χ3n) is 3.06. The first-order chi connectivity index (χ1) is 7.83. The smallest absolute Gasteiger partial charge is 0.155 e. The van der Waals surface area contributed by atoms with Crippen molar-refractivity contribution in [3.8, 4) is 0 Å². The van der Waals surface area contributed by atoms with Crippen LogP contribution in [0.5, 0.6) is 0 Å². The Morgan fingerprint density at radius 3 is 3.19 bits per heavy atom. The van der Waals surface area contributed by atoms with Gasteiger partial charge < -0.3 is 15.7 Å². The van der Waals surface area contributed by atoms with Crippen LogP contribution in [-0.4, -0.2) is 34.3 Å². The number of nitrogens with two attached hydrogens (primary N) is 1. The highest BCUT2D eigenvalue weighted by atomic mass is 16.2.